The Balaban J connectivity index is 2.28. The van der Waals surface area contributed by atoms with Crippen molar-refractivity contribution in [1.29, 1.82) is 0 Å². The van der Waals surface area contributed by atoms with Gasteiger partial charge in [0.05, 0.1) is 3.79 Å². The highest BCUT2D eigenvalue weighted by molar-refractivity contribution is 9.11. The number of nitrogens with zero attached hydrogens (tertiary/aromatic N) is 1. The number of halogens is 3. The Hall–Kier alpha value is -0.470. The van der Waals surface area contributed by atoms with E-state index in [1.807, 2.05) is 11.4 Å². The zero-order valence-corrected chi connectivity index (χ0v) is 15.0. The highest BCUT2D eigenvalue weighted by Gasteiger charge is 2.24. The molecule has 2 rings (SSSR count). The summed E-state index contributed by atoms with van der Waals surface area (Å²) in [5.74, 6) is -0.651. The Morgan fingerprint density at radius 2 is 2.05 bits per heavy atom. The fourth-order valence-corrected chi connectivity index (χ4v) is 4.34. The van der Waals surface area contributed by atoms with Crippen molar-refractivity contribution in [2.75, 3.05) is 7.05 Å². The first kappa shape index (κ1) is 16.9. The van der Waals surface area contributed by atoms with Crippen molar-refractivity contribution in [3.8, 4) is 0 Å². The van der Waals surface area contributed by atoms with Crippen molar-refractivity contribution in [3.05, 3.63) is 50.4 Å². The van der Waals surface area contributed by atoms with Crippen LogP contribution in [0.3, 0.4) is 0 Å². The summed E-state index contributed by atoms with van der Waals surface area (Å²) in [6.07, 6.45) is 0. The van der Waals surface area contributed by atoms with Gasteiger partial charge in [-0.3, -0.25) is 0 Å². The molecule has 0 amide bonds. The van der Waals surface area contributed by atoms with Crippen LogP contribution in [0.2, 0.25) is 0 Å². The molecule has 0 aliphatic heterocycles. The molecule has 0 spiro atoms. The molecule has 8 heteroatoms. The van der Waals surface area contributed by atoms with Gasteiger partial charge < -0.3 is 0 Å². The Labute approximate surface area is 140 Å². The van der Waals surface area contributed by atoms with Crippen molar-refractivity contribution in [2.24, 2.45) is 0 Å². The Morgan fingerprint density at radius 1 is 1.33 bits per heavy atom. The van der Waals surface area contributed by atoms with E-state index in [9.17, 15) is 12.8 Å². The van der Waals surface area contributed by atoms with Gasteiger partial charge in [0.2, 0.25) is 10.0 Å². The van der Waals surface area contributed by atoms with E-state index in [2.05, 4.69) is 15.9 Å². The standard InChI is InChI=1S/C13H12BrClFNO2S2/c1-17(7-10-5-13(14)20-8-10)21(18,19)12-3-2-9(6-15)4-11(12)16/h2-5,8H,6-7H2,1H3. The van der Waals surface area contributed by atoms with Crippen LogP contribution in [0.15, 0.2) is 38.3 Å². The van der Waals surface area contributed by atoms with Gasteiger partial charge >= 0.3 is 0 Å². The quantitative estimate of drug-likeness (QED) is 0.690. The second kappa shape index (κ2) is 6.75. The number of benzene rings is 1. The Kier molecular flexibility index (Phi) is 5.43. The Bertz CT molecular complexity index is 748. The van der Waals surface area contributed by atoms with E-state index in [-0.39, 0.29) is 17.3 Å². The first-order valence-electron chi connectivity index (χ1n) is 5.88. The number of sulfonamides is 1. The fourth-order valence-electron chi connectivity index (χ4n) is 1.78. The number of alkyl halides is 1. The van der Waals surface area contributed by atoms with Crippen molar-refractivity contribution in [3.63, 3.8) is 0 Å². The monoisotopic (exact) mass is 411 g/mol. The van der Waals surface area contributed by atoms with Crippen LogP contribution in [0.4, 0.5) is 4.39 Å². The summed E-state index contributed by atoms with van der Waals surface area (Å²) < 4.78 is 40.8. The van der Waals surface area contributed by atoms with Gasteiger partial charge in [-0.1, -0.05) is 6.07 Å². The molecule has 1 aromatic carbocycles. The van der Waals surface area contributed by atoms with Crippen LogP contribution in [0.5, 0.6) is 0 Å². The third-order valence-corrected chi connectivity index (χ3v) is 6.56. The molecule has 0 radical (unpaired) electrons. The smallest absolute Gasteiger partial charge is 0.207 e. The summed E-state index contributed by atoms with van der Waals surface area (Å²) in [4.78, 5) is -0.340. The van der Waals surface area contributed by atoms with Gasteiger partial charge in [0.1, 0.15) is 10.7 Å². The lowest BCUT2D eigenvalue weighted by molar-refractivity contribution is 0.460. The number of hydrogen-bond acceptors (Lipinski definition) is 3. The predicted octanol–water partition coefficient (Wildman–Crippen LogP) is 4.21. The number of rotatable bonds is 5. The molecule has 0 aliphatic carbocycles. The van der Waals surface area contributed by atoms with Crippen LogP contribution in [-0.4, -0.2) is 19.8 Å². The lowest BCUT2D eigenvalue weighted by Gasteiger charge is -2.17. The van der Waals surface area contributed by atoms with Crippen molar-refractivity contribution in [1.82, 2.24) is 4.31 Å². The highest BCUT2D eigenvalue weighted by atomic mass is 79.9. The summed E-state index contributed by atoms with van der Waals surface area (Å²) in [7, 11) is -2.45. The maximum Gasteiger partial charge on any atom is 0.246 e. The molecule has 0 N–H and O–H groups in total. The Morgan fingerprint density at radius 3 is 2.57 bits per heavy atom. The van der Waals surface area contributed by atoms with Crippen LogP contribution in [0.1, 0.15) is 11.1 Å². The first-order chi connectivity index (χ1) is 9.84. The van der Waals surface area contributed by atoms with Gasteiger partial charge in [0.15, 0.2) is 0 Å². The minimum Gasteiger partial charge on any atom is -0.207 e. The topological polar surface area (TPSA) is 37.4 Å². The zero-order chi connectivity index (χ0) is 15.6. The van der Waals surface area contributed by atoms with E-state index in [4.69, 9.17) is 11.6 Å². The van der Waals surface area contributed by atoms with Crippen molar-refractivity contribution in [2.45, 2.75) is 17.3 Å². The third-order valence-electron chi connectivity index (χ3n) is 2.87. The molecule has 0 bridgehead atoms. The third kappa shape index (κ3) is 3.84. The van der Waals surface area contributed by atoms with Crippen LogP contribution in [0, 0.1) is 5.82 Å². The molecule has 3 nitrogen and oxygen atoms in total. The molecule has 1 heterocycles. The molecule has 2 aromatic rings. The van der Waals surface area contributed by atoms with E-state index in [1.165, 1.54) is 30.5 Å². The number of hydrogen-bond donors (Lipinski definition) is 0. The minimum atomic E-state index is -3.88. The van der Waals surface area contributed by atoms with Crippen LogP contribution >= 0.6 is 38.9 Å². The fraction of sp³-hybridized carbons (Fsp3) is 0.231. The molecule has 0 saturated heterocycles. The van der Waals surface area contributed by atoms with E-state index in [0.717, 1.165) is 19.7 Å². The normalized spacial score (nSPS) is 12.0. The molecule has 0 unspecified atom stereocenters. The highest BCUT2D eigenvalue weighted by Crippen LogP contribution is 2.25. The van der Waals surface area contributed by atoms with Gasteiger partial charge in [0.25, 0.3) is 0 Å². The van der Waals surface area contributed by atoms with Gasteiger partial charge in [-0.05, 0) is 50.6 Å². The average molecular weight is 413 g/mol. The molecule has 0 fully saturated rings. The molecule has 21 heavy (non-hydrogen) atoms. The number of thiophene rings is 1. The SMILES string of the molecule is CN(Cc1csc(Br)c1)S(=O)(=O)c1ccc(CCl)cc1F. The summed E-state index contributed by atoms with van der Waals surface area (Å²) in [5, 5.41) is 1.85. The largest absolute Gasteiger partial charge is 0.246 e. The second-order valence-corrected chi connectivity index (χ2v) is 8.99. The van der Waals surface area contributed by atoms with Crippen LogP contribution < -0.4 is 0 Å². The summed E-state index contributed by atoms with van der Waals surface area (Å²) in [6, 6.07) is 5.75. The molecule has 114 valence electrons. The van der Waals surface area contributed by atoms with Crippen molar-refractivity contribution >= 4 is 48.9 Å². The van der Waals surface area contributed by atoms with Crippen LogP contribution in [-0.2, 0) is 22.4 Å². The first-order valence-corrected chi connectivity index (χ1v) is 9.53. The summed E-state index contributed by atoms with van der Waals surface area (Å²) in [6.45, 7) is 0.182. The summed E-state index contributed by atoms with van der Waals surface area (Å²) >= 11 is 10.4. The molecule has 0 atom stereocenters. The average Bonchev–Trinajstić information content (AvgIpc) is 2.83. The molecular weight excluding hydrogens is 401 g/mol. The summed E-state index contributed by atoms with van der Waals surface area (Å²) in [5.41, 5.74) is 1.38. The lowest BCUT2D eigenvalue weighted by atomic mass is 10.2. The van der Waals surface area contributed by atoms with Gasteiger partial charge in [-0.2, -0.15) is 4.31 Å². The maximum atomic E-state index is 14.0. The van der Waals surface area contributed by atoms with E-state index >= 15 is 0 Å². The van der Waals surface area contributed by atoms with Crippen molar-refractivity contribution < 1.29 is 12.8 Å². The van der Waals surface area contributed by atoms with E-state index in [0.29, 0.717) is 5.56 Å². The molecule has 1 aromatic heterocycles. The van der Waals surface area contributed by atoms with E-state index < -0.39 is 15.8 Å². The van der Waals surface area contributed by atoms with Crippen LogP contribution in [0.25, 0.3) is 0 Å². The molecule has 0 saturated carbocycles. The van der Waals surface area contributed by atoms with Gasteiger partial charge in [-0.15, -0.1) is 22.9 Å². The lowest BCUT2D eigenvalue weighted by Crippen LogP contribution is -2.27. The molecule has 0 aliphatic rings. The van der Waals surface area contributed by atoms with E-state index in [1.54, 1.807) is 0 Å². The minimum absolute atomic E-state index is 0.135. The predicted molar refractivity (Wildman–Crippen MR) is 86.6 cm³/mol. The zero-order valence-electron chi connectivity index (χ0n) is 11.0. The second-order valence-electron chi connectivity index (χ2n) is 4.42. The molecular formula is C13H12BrClFNO2S2. The van der Waals surface area contributed by atoms with Gasteiger partial charge in [-0.25, -0.2) is 12.8 Å². The van der Waals surface area contributed by atoms with Gasteiger partial charge in [0, 0.05) is 19.5 Å². The maximum absolute atomic E-state index is 14.0.